The van der Waals surface area contributed by atoms with Gasteiger partial charge in [0.05, 0.1) is 6.10 Å². The molecule has 0 aromatic rings. The van der Waals surface area contributed by atoms with E-state index in [9.17, 15) is 4.79 Å². The van der Waals surface area contributed by atoms with Crippen LogP contribution in [0.25, 0.3) is 0 Å². The van der Waals surface area contributed by atoms with Gasteiger partial charge in [0.25, 0.3) is 0 Å². The molecule has 2 unspecified atom stereocenters. The summed E-state index contributed by atoms with van der Waals surface area (Å²) in [5, 5.41) is 9.08. The predicted molar refractivity (Wildman–Crippen MR) is 36.1 cm³/mol. The second-order valence-electron chi connectivity index (χ2n) is 2.37. The summed E-state index contributed by atoms with van der Waals surface area (Å²) in [5.41, 5.74) is 0. The van der Waals surface area contributed by atoms with Crippen LogP contribution in [0.3, 0.4) is 0 Å². The Kier molecular flexibility index (Phi) is 3.47. The maximum absolute atomic E-state index is 10.6. The molecule has 0 saturated heterocycles. The Morgan fingerprint density at radius 1 is 1.67 bits per heavy atom. The molecule has 1 N–H and O–H groups in total. The molecule has 0 aliphatic heterocycles. The smallest absolute Gasteiger partial charge is 0.135 e. The van der Waals surface area contributed by atoms with Gasteiger partial charge in [-0.25, -0.2) is 0 Å². The van der Waals surface area contributed by atoms with E-state index in [2.05, 4.69) is 0 Å². The molecule has 0 aliphatic carbocycles. The standard InChI is InChI=1S/C7H14O2/c1-4-7(9)5(2)6(3)8/h5,7,9H,4H2,1-3H3. The Bertz CT molecular complexity index is 99.1. The first-order chi connectivity index (χ1) is 4.09. The van der Waals surface area contributed by atoms with Gasteiger partial charge in [-0.15, -0.1) is 0 Å². The zero-order chi connectivity index (χ0) is 7.44. The molecule has 2 atom stereocenters. The van der Waals surface area contributed by atoms with E-state index in [0.717, 1.165) is 0 Å². The summed E-state index contributed by atoms with van der Waals surface area (Å²) in [6.07, 6.45) is 0.197. The fraction of sp³-hybridized carbons (Fsp3) is 0.857. The van der Waals surface area contributed by atoms with Crippen molar-refractivity contribution < 1.29 is 9.90 Å². The van der Waals surface area contributed by atoms with Crippen molar-refractivity contribution in [3.05, 3.63) is 0 Å². The number of rotatable bonds is 3. The molecule has 0 aromatic heterocycles. The van der Waals surface area contributed by atoms with Gasteiger partial charge in [0.15, 0.2) is 0 Å². The zero-order valence-electron chi connectivity index (χ0n) is 6.22. The lowest BCUT2D eigenvalue weighted by Gasteiger charge is -2.12. The molecular formula is C7H14O2. The molecule has 0 radical (unpaired) electrons. The van der Waals surface area contributed by atoms with Crippen LogP contribution in [-0.2, 0) is 4.79 Å². The minimum atomic E-state index is -0.456. The molecule has 0 bridgehead atoms. The molecule has 0 rings (SSSR count). The van der Waals surface area contributed by atoms with Crippen LogP contribution in [0.1, 0.15) is 27.2 Å². The highest BCUT2D eigenvalue weighted by atomic mass is 16.3. The van der Waals surface area contributed by atoms with Crippen molar-refractivity contribution in [1.82, 2.24) is 0 Å². The first kappa shape index (κ1) is 8.63. The minimum absolute atomic E-state index is 0.0596. The minimum Gasteiger partial charge on any atom is -0.392 e. The van der Waals surface area contributed by atoms with Gasteiger partial charge >= 0.3 is 0 Å². The molecule has 2 nitrogen and oxygen atoms in total. The lowest BCUT2D eigenvalue weighted by molar-refractivity contribution is -0.123. The monoisotopic (exact) mass is 130 g/mol. The summed E-state index contributed by atoms with van der Waals surface area (Å²) in [6, 6.07) is 0. The number of Topliss-reactive ketones (excluding diaryl/α,β-unsaturated/α-hetero) is 1. The lowest BCUT2D eigenvalue weighted by atomic mass is 9.99. The Labute approximate surface area is 55.9 Å². The Balaban J connectivity index is 3.72. The van der Waals surface area contributed by atoms with Gasteiger partial charge in [0.1, 0.15) is 5.78 Å². The van der Waals surface area contributed by atoms with Crippen molar-refractivity contribution in [3.63, 3.8) is 0 Å². The van der Waals surface area contributed by atoms with Crippen molar-refractivity contribution in [2.75, 3.05) is 0 Å². The molecule has 0 spiro atoms. The molecule has 0 aliphatic rings. The van der Waals surface area contributed by atoms with Crippen LogP contribution in [0.15, 0.2) is 0 Å². The largest absolute Gasteiger partial charge is 0.392 e. The highest BCUT2D eigenvalue weighted by Crippen LogP contribution is 2.06. The third kappa shape index (κ3) is 2.61. The van der Waals surface area contributed by atoms with Crippen LogP contribution >= 0.6 is 0 Å². The fourth-order valence-electron chi connectivity index (χ4n) is 0.624. The van der Waals surface area contributed by atoms with Gasteiger partial charge in [-0.05, 0) is 13.3 Å². The van der Waals surface area contributed by atoms with Crippen molar-refractivity contribution in [2.24, 2.45) is 5.92 Å². The van der Waals surface area contributed by atoms with Crippen LogP contribution in [-0.4, -0.2) is 17.0 Å². The molecule has 0 aromatic carbocycles. The van der Waals surface area contributed by atoms with Crippen molar-refractivity contribution in [2.45, 2.75) is 33.3 Å². The topological polar surface area (TPSA) is 37.3 Å². The van der Waals surface area contributed by atoms with Gasteiger partial charge in [-0.1, -0.05) is 13.8 Å². The summed E-state index contributed by atoms with van der Waals surface area (Å²) < 4.78 is 0. The normalized spacial score (nSPS) is 16.9. The Morgan fingerprint density at radius 3 is 2.22 bits per heavy atom. The van der Waals surface area contributed by atoms with Gasteiger partial charge in [-0.2, -0.15) is 0 Å². The van der Waals surface area contributed by atoms with E-state index in [1.54, 1.807) is 6.92 Å². The quantitative estimate of drug-likeness (QED) is 0.618. The molecule has 0 amide bonds. The molecular weight excluding hydrogens is 116 g/mol. The Morgan fingerprint density at radius 2 is 2.11 bits per heavy atom. The first-order valence-electron chi connectivity index (χ1n) is 3.28. The highest BCUT2D eigenvalue weighted by Gasteiger charge is 2.15. The van der Waals surface area contributed by atoms with Crippen LogP contribution in [0.2, 0.25) is 0 Å². The molecule has 0 saturated carbocycles. The number of aliphatic hydroxyl groups excluding tert-OH is 1. The van der Waals surface area contributed by atoms with Crippen LogP contribution in [0.4, 0.5) is 0 Å². The number of hydrogen-bond acceptors (Lipinski definition) is 2. The Hall–Kier alpha value is -0.370. The summed E-state index contributed by atoms with van der Waals surface area (Å²) in [4.78, 5) is 10.6. The van der Waals surface area contributed by atoms with E-state index < -0.39 is 6.10 Å². The van der Waals surface area contributed by atoms with Crippen LogP contribution < -0.4 is 0 Å². The van der Waals surface area contributed by atoms with E-state index in [1.165, 1.54) is 6.92 Å². The molecule has 9 heavy (non-hydrogen) atoms. The van der Waals surface area contributed by atoms with Crippen molar-refractivity contribution >= 4 is 5.78 Å². The number of ketones is 1. The highest BCUT2D eigenvalue weighted by molar-refractivity contribution is 5.78. The van der Waals surface area contributed by atoms with Crippen LogP contribution in [0.5, 0.6) is 0 Å². The third-order valence-electron chi connectivity index (χ3n) is 1.64. The second-order valence-corrected chi connectivity index (χ2v) is 2.37. The molecule has 2 heteroatoms. The number of carbonyl (C=O) groups is 1. The SMILES string of the molecule is CCC(O)C(C)C(C)=O. The maximum atomic E-state index is 10.6. The molecule has 0 fully saturated rings. The van der Waals surface area contributed by atoms with E-state index in [-0.39, 0.29) is 11.7 Å². The number of carbonyl (C=O) groups excluding carboxylic acids is 1. The van der Waals surface area contributed by atoms with Crippen molar-refractivity contribution in [3.8, 4) is 0 Å². The maximum Gasteiger partial charge on any atom is 0.135 e. The number of aliphatic hydroxyl groups is 1. The van der Waals surface area contributed by atoms with E-state index in [0.29, 0.717) is 6.42 Å². The fourth-order valence-corrected chi connectivity index (χ4v) is 0.624. The average Bonchev–Trinajstić information content (AvgIpc) is 1.84. The van der Waals surface area contributed by atoms with Crippen LogP contribution in [0, 0.1) is 5.92 Å². The zero-order valence-corrected chi connectivity index (χ0v) is 6.22. The van der Waals surface area contributed by atoms with Gasteiger partial charge < -0.3 is 5.11 Å². The van der Waals surface area contributed by atoms with E-state index >= 15 is 0 Å². The van der Waals surface area contributed by atoms with Crippen molar-refractivity contribution in [1.29, 1.82) is 0 Å². The second kappa shape index (κ2) is 3.62. The summed E-state index contributed by atoms with van der Waals surface area (Å²) in [5.74, 6) is -0.139. The van der Waals surface area contributed by atoms with Gasteiger partial charge in [-0.3, -0.25) is 4.79 Å². The molecule has 54 valence electrons. The molecule has 0 heterocycles. The van der Waals surface area contributed by atoms with E-state index in [4.69, 9.17) is 5.11 Å². The van der Waals surface area contributed by atoms with Gasteiger partial charge in [0, 0.05) is 5.92 Å². The summed E-state index contributed by atoms with van der Waals surface area (Å²) in [6.45, 7) is 5.12. The third-order valence-corrected chi connectivity index (χ3v) is 1.64. The summed E-state index contributed by atoms with van der Waals surface area (Å²) >= 11 is 0. The predicted octanol–water partition coefficient (Wildman–Crippen LogP) is 0.982. The average molecular weight is 130 g/mol. The summed E-state index contributed by atoms with van der Waals surface area (Å²) in [7, 11) is 0. The first-order valence-corrected chi connectivity index (χ1v) is 3.28. The number of hydrogen-bond donors (Lipinski definition) is 1. The van der Waals surface area contributed by atoms with E-state index in [1.807, 2.05) is 6.92 Å². The lowest BCUT2D eigenvalue weighted by Crippen LogP contribution is -2.22. The van der Waals surface area contributed by atoms with Gasteiger partial charge in [0.2, 0.25) is 0 Å².